The van der Waals surface area contributed by atoms with Crippen LogP contribution in [0.5, 0.6) is 0 Å². The Morgan fingerprint density at radius 1 is 1.53 bits per heavy atom. The number of amides is 1. The number of rotatable bonds is 2. The van der Waals surface area contributed by atoms with Crippen LogP contribution < -0.4 is 10.2 Å². The second kappa shape index (κ2) is 4.80. The average molecular weight is 281 g/mol. The van der Waals surface area contributed by atoms with Crippen molar-refractivity contribution in [3.63, 3.8) is 0 Å². The topological polar surface area (TPSA) is 82.5 Å². The summed E-state index contributed by atoms with van der Waals surface area (Å²) < 4.78 is 0. The maximum absolute atomic E-state index is 11.4. The Labute approximate surface area is 114 Å². The lowest BCUT2D eigenvalue weighted by molar-refractivity contribution is -0.139. The number of hydrogen-bond donors (Lipinski definition) is 2. The summed E-state index contributed by atoms with van der Waals surface area (Å²) in [6.07, 6.45) is 2.45. The Morgan fingerprint density at radius 2 is 2.37 bits per heavy atom. The van der Waals surface area contributed by atoms with E-state index in [9.17, 15) is 14.7 Å². The van der Waals surface area contributed by atoms with E-state index in [1.54, 1.807) is 0 Å². The third kappa shape index (κ3) is 2.30. The molecule has 1 fully saturated rings. The average Bonchev–Trinajstić information content (AvgIpc) is 2.82. The Balaban J connectivity index is 1.88. The number of carboxylic acids is 1. The van der Waals surface area contributed by atoms with Gasteiger partial charge in [-0.3, -0.25) is 9.59 Å². The van der Waals surface area contributed by atoms with Gasteiger partial charge in [0.1, 0.15) is 5.92 Å². The Kier molecular flexibility index (Phi) is 3.14. The van der Waals surface area contributed by atoms with Gasteiger partial charge in [0.25, 0.3) is 0 Å². The fourth-order valence-electron chi connectivity index (χ4n) is 2.58. The van der Waals surface area contributed by atoms with Crippen LogP contribution in [-0.4, -0.2) is 41.6 Å². The van der Waals surface area contributed by atoms with Gasteiger partial charge in [-0.15, -0.1) is 11.3 Å². The molecule has 1 aromatic heterocycles. The Morgan fingerprint density at radius 3 is 3.11 bits per heavy atom. The number of anilines is 1. The summed E-state index contributed by atoms with van der Waals surface area (Å²) in [7, 11) is 0. The molecular formula is C12H15N3O3S. The number of hydrogen-bond acceptors (Lipinski definition) is 5. The molecule has 0 saturated carbocycles. The first-order valence-corrected chi connectivity index (χ1v) is 7.21. The van der Waals surface area contributed by atoms with E-state index < -0.39 is 11.9 Å². The minimum Gasteiger partial charge on any atom is -0.481 e. The minimum absolute atomic E-state index is 0.00536. The van der Waals surface area contributed by atoms with Crippen LogP contribution in [0.3, 0.4) is 0 Å². The van der Waals surface area contributed by atoms with Crippen molar-refractivity contribution in [2.24, 2.45) is 0 Å². The molecule has 7 heteroatoms. The van der Waals surface area contributed by atoms with E-state index in [2.05, 4.69) is 10.3 Å². The number of nitrogens with zero attached hydrogens (tertiary/aromatic N) is 2. The van der Waals surface area contributed by atoms with Gasteiger partial charge < -0.3 is 15.3 Å². The van der Waals surface area contributed by atoms with Crippen molar-refractivity contribution in [2.75, 3.05) is 24.5 Å². The zero-order chi connectivity index (χ0) is 13.4. The predicted octanol–water partition coefficient (Wildman–Crippen LogP) is 0.584. The van der Waals surface area contributed by atoms with E-state index in [4.69, 9.17) is 0 Å². The van der Waals surface area contributed by atoms with E-state index in [-0.39, 0.29) is 5.91 Å². The number of aromatic nitrogens is 1. The molecule has 0 bridgehead atoms. The second-order valence-electron chi connectivity index (χ2n) is 4.86. The Bertz CT molecular complexity index is 528. The van der Waals surface area contributed by atoms with Crippen LogP contribution in [0.2, 0.25) is 0 Å². The monoisotopic (exact) mass is 281 g/mol. The highest BCUT2D eigenvalue weighted by Crippen LogP contribution is 2.38. The molecule has 102 valence electrons. The molecule has 6 nitrogen and oxygen atoms in total. The summed E-state index contributed by atoms with van der Waals surface area (Å²) in [6.45, 7) is 1.66. The number of carboxylic acid groups (broad SMARTS) is 1. The van der Waals surface area contributed by atoms with Crippen molar-refractivity contribution in [1.29, 1.82) is 0 Å². The quantitative estimate of drug-likeness (QED) is 0.829. The summed E-state index contributed by atoms with van der Waals surface area (Å²) in [5, 5.41) is 12.8. The van der Waals surface area contributed by atoms with Crippen LogP contribution in [-0.2, 0) is 16.0 Å². The molecule has 1 unspecified atom stereocenters. The lowest BCUT2D eigenvalue weighted by Gasteiger charge is -2.25. The smallest absolute Gasteiger partial charge is 0.312 e. The molecule has 0 aromatic carbocycles. The molecule has 2 aliphatic rings. The van der Waals surface area contributed by atoms with Crippen LogP contribution in [0.15, 0.2) is 0 Å². The summed E-state index contributed by atoms with van der Waals surface area (Å²) in [4.78, 5) is 30.1. The molecule has 0 spiro atoms. The van der Waals surface area contributed by atoms with Crippen molar-refractivity contribution in [3.05, 3.63) is 10.6 Å². The maximum atomic E-state index is 11.4. The molecule has 2 heterocycles. The number of carbonyl (C=O) groups excluding carboxylic acids is 1. The molecule has 19 heavy (non-hydrogen) atoms. The van der Waals surface area contributed by atoms with Crippen molar-refractivity contribution in [1.82, 2.24) is 10.3 Å². The SMILES string of the molecule is O=C1CN(c2nc3c(s2)CCCC3C(=O)O)CCN1. The van der Waals surface area contributed by atoms with Gasteiger partial charge in [0.05, 0.1) is 12.2 Å². The molecule has 2 N–H and O–H groups in total. The number of piperazine rings is 1. The molecule has 1 aromatic rings. The third-order valence-corrected chi connectivity index (χ3v) is 4.74. The number of thiazole rings is 1. The first-order chi connectivity index (χ1) is 9.15. The zero-order valence-electron chi connectivity index (χ0n) is 10.4. The highest BCUT2D eigenvalue weighted by molar-refractivity contribution is 7.15. The number of aryl methyl sites for hydroxylation is 1. The largest absolute Gasteiger partial charge is 0.481 e. The molecule has 1 aliphatic carbocycles. The minimum atomic E-state index is -0.797. The van der Waals surface area contributed by atoms with Crippen LogP contribution in [0.4, 0.5) is 5.13 Å². The molecule has 1 aliphatic heterocycles. The predicted molar refractivity (Wildman–Crippen MR) is 70.7 cm³/mol. The van der Waals surface area contributed by atoms with E-state index in [1.165, 1.54) is 11.3 Å². The highest BCUT2D eigenvalue weighted by Gasteiger charge is 2.31. The van der Waals surface area contributed by atoms with Gasteiger partial charge in [-0.2, -0.15) is 0 Å². The van der Waals surface area contributed by atoms with E-state index in [0.29, 0.717) is 25.2 Å². The van der Waals surface area contributed by atoms with Gasteiger partial charge in [0, 0.05) is 18.0 Å². The van der Waals surface area contributed by atoms with Crippen LogP contribution >= 0.6 is 11.3 Å². The summed E-state index contributed by atoms with van der Waals surface area (Å²) in [5.74, 6) is -1.28. The van der Waals surface area contributed by atoms with Crippen molar-refractivity contribution >= 4 is 28.3 Å². The second-order valence-corrected chi connectivity index (χ2v) is 5.92. The van der Waals surface area contributed by atoms with Crippen LogP contribution in [0, 0.1) is 0 Å². The third-order valence-electron chi connectivity index (χ3n) is 3.55. The number of carbonyl (C=O) groups is 2. The molecule has 1 saturated heterocycles. The fourth-order valence-corrected chi connectivity index (χ4v) is 3.77. The van der Waals surface area contributed by atoms with Gasteiger partial charge >= 0.3 is 5.97 Å². The Hall–Kier alpha value is -1.63. The highest BCUT2D eigenvalue weighted by atomic mass is 32.1. The lowest BCUT2D eigenvalue weighted by Crippen LogP contribution is -2.47. The molecule has 0 radical (unpaired) electrons. The number of fused-ring (bicyclic) bond motifs is 1. The summed E-state index contributed by atoms with van der Waals surface area (Å²) in [6, 6.07) is 0. The van der Waals surface area contributed by atoms with Gasteiger partial charge in [0.15, 0.2) is 5.13 Å². The van der Waals surface area contributed by atoms with E-state index >= 15 is 0 Å². The van der Waals surface area contributed by atoms with E-state index in [1.807, 2.05) is 4.90 Å². The van der Waals surface area contributed by atoms with E-state index in [0.717, 1.165) is 29.4 Å². The van der Waals surface area contributed by atoms with Gasteiger partial charge in [-0.25, -0.2) is 4.98 Å². The van der Waals surface area contributed by atoms with Crippen LogP contribution in [0.1, 0.15) is 29.3 Å². The van der Waals surface area contributed by atoms with Gasteiger partial charge in [0.2, 0.25) is 5.91 Å². The zero-order valence-corrected chi connectivity index (χ0v) is 11.2. The first kappa shape index (κ1) is 12.4. The summed E-state index contributed by atoms with van der Waals surface area (Å²) >= 11 is 1.54. The number of aliphatic carboxylic acids is 1. The lowest BCUT2D eigenvalue weighted by atomic mass is 9.91. The van der Waals surface area contributed by atoms with Crippen LogP contribution in [0.25, 0.3) is 0 Å². The summed E-state index contributed by atoms with van der Waals surface area (Å²) in [5.41, 5.74) is 0.713. The molecule has 1 amide bonds. The first-order valence-electron chi connectivity index (χ1n) is 6.39. The molecular weight excluding hydrogens is 266 g/mol. The fraction of sp³-hybridized carbons (Fsp3) is 0.583. The van der Waals surface area contributed by atoms with Gasteiger partial charge in [-0.1, -0.05) is 0 Å². The van der Waals surface area contributed by atoms with Gasteiger partial charge in [-0.05, 0) is 19.3 Å². The van der Waals surface area contributed by atoms with Crippen molar-refractivity contribution < 1.29 is 14.7 Å². The maximum Gasteiger partial charge on any atom is 0.312 e. The number of nitrogens with one attached hydrogen (secondary N) is 1. The van der Waals surface area contributed by atoms with Crippen molar-refractivity contribution in [3.8, 4) is 0 Å². The molecule has 3 rings (SSSR count). The molecule has 1 atom stereocenters. The standard InChI is InChI=1S/C12H15N3O3S/c16-9-6-15(5-4-13-9)12-14-10-7(11(17)18)2-1-3-8(10)19-12/h7H,1-6H2,(H,13,16)(H,17,18). The van der Waals surface area contributed by atoms with Crippen molar-refractivity contribution in [2.45, 2.75) is 25.2 Å². The normalized spacial score (nSPS) is 22.8.